The van der Waals surface area contributed by atoms with Crippen molar-refractivity contribution >= 4 is 39.3 Å². The van der Waals surface area contributed by atoms with E-state index >= 15 is 0 Å². The highest BCUT2D eigenvalue weighted by molar-refractivity contribution is 8.49. The monoisotopic (exact) mass is 220 g/mol. The van der Waals surface area contributed by atoms with Crippen molar-refractivity contribution in [2.24, 2.45) is 0 Å². The number of rotatable bonds is 5. The molecule has 0 spiro atoms. The van der Waals surface area contributed by atoms with E-state index in [2.05, 4.69) is 6.92 Å². The Kier molecular flexibility index (Phi) is 5.68. The lowest BCUT2D eigenvalue weighted by molar-refractivity contribution is 0.634. The number of hydrogen-bond donors (Lipinski definition) is 0. The molecule has 1 unspecified atom stereocenters. The van der Waals surface area contributed by atoms with E-state index in [0.717, 1.165) is 8.78 Å². The lowest BCUT2D eigenvalue weighted by Gasteiger charge is -2.05. The first-order chi connectivity index (χ1) is 5.83. The Morgan fingerprint density at radius 1 is 1.42 bits per heavy atom. The molecule has 0 nitrogen and oxygen atoms in total. The van der Waals surface area contributed by atoms with Crippen LogP contribution in [-0.2, 0) is 0 Å². The normalized spacial score (nSPS) is 23.4. The summed E-state index contributed by atoms with van der Waals surface area (Å²) in [6.07, 6.45) is 6.91. The maximum absolute atomic E-state index is 5.12. The first-order valence-corrected chi connectivity index (χ1v) is 6.93. The maximum atomic E-state index is 5.12. The minimum absolute atomic E-state index is 0.833. The molecule has 12 heavy (non-hydrogen) atoms. The predicted molar refractivity (Wildman–Crippen MR) is 65.2 cm³/mol. The van der Waals surface area contributed by atoms with E-state index in [-0.39, 0.29) is 0 Å². The molecule has 70 valence electrons. The number of unbranched alkanes of at least 4 members (excludes halogenated alkanes) is 3. The largest absolute Gasteiger partial charge is 0.107 e. The molecule has 1 fully saturated rings. The molecule has 0 saturated carbocycles. The van der Waals surface area contributed by atoms with Crippen molar-refractivity contribution < 1.29 is 0 Å². The van der Waals surface area contributed by atoms with Crippen molar-refractivity contribution in [2.75, 3.05) is 5.75 Å². The van der Waals surface area contributed by atoms with Gasteiger partial charge < -0.3 is 0 Å². The average Bonchev–Trinajstić information content (AvgIpc) is 2.45. The van der Waals surface area contributed by atoms with E-state index in [1.54, 1.807) is 0 Å². The van der Waals surface area contributed by atoms with Crippen LogP contribution < -0.4 is 0 Å². The second-order valence-corrected chi connectivity index (χ2v) is 6.67. The van der Waals surface area contributed by atoms with Gasteiger partial charge in [0.1, 0.15) is 3.53 Å². The van der Waals surface area contributed by atoms with Gasteiger partial charge in [0, 0.05) is 11.0 Å². The molecule has 0 amide bonds. The molecule has 1 saturated heterocycles. The molecule has 3 heteroatoms. The highest BCUT2D eigenvalue weighted by Crippen LogP contribution is 2.35. The van der Waals surface area contributed by atoms with Crippen LogP contribution in [0.1, 0.15) is 39.0 Å². The molecular weight excluding hydrogens is 204 g/mol. The molecule has 0 bridgehead atoms. The minimum atomic E-state index is 0.833. The van der Waals surface area contributed by atoms with Crippen LogP contribution >= 0.6 is 35.7 Å². The second-order valence-electron chi connectivity index (χ2n) is 3.15. The van der Waals surface area contributed by atoms with Crippen molar-refractivity contribution in [3.05, 3.63) is 0 Å². The Morgan fingerprint density at radius 3 is 2.83 bits per heavy atom. The molecule has 1 atom stereocenters. The summed E-state index contributed by atoms with van der Waals surface area (Å²) in [5.74, 6) is 1.26. The maximum Gasteiger partial charge on any atom is 0.104 e. The lowest BCUT2D eigenvalue weighted by Crippen LogP contribution is -1.99. The third kappa shape index (κ3) is 4.15. The van der Waals surface area contributed by atoms with Gasteiger partial charge in [0.15, 0.2) is 0 Å². The summed E-state index contributed by atoms with van der Waals surface area (Å²) in [5, 5.41) is 0.833. The molecule has 0 N–H and O–H groups in total. The topological polar surface area (TPSA) is 0 Å². The zero-order valence-corrected chi connectivity index (χ0v) is 9.99. The van der Waals surface area contributed by atoms with Crippen molar-refractivity contribution in [1.29, 1.82) is 0 Å². The Hall–Kier alpha value is 0.790. The second kappa shape index (κ2) is 6.28. The summed E-state index contributed by atoms with van der Waals surface area (Å²) in [6.45, 7) is 2.26. The van der Waals surface area contributed by atoms with Crippen LogP contribution in [0.3, 0.4) is 0 Å². The van der Waals surface area contributed by atoms with Crippen LogP contribution in [0.4, 0.5) is 0 Å². The fourth-order valence-electron chi connectivity index (χ4n) is 1.31. The Labute approximate surface area is 89.3 Å². The van der Waals surface area contributed by atoms with E-state index in [1.807, 2.05) is 23.5 Å². The van der Waals surface area contributed by atoms with Crippen molar-refractivity contribution in [1.82, 2.24) is 0 Å². The number of thioether (sulfide) groups is 2. The molecule has 1 rings (SSSR count). The summed E-state index contributed by atoms with van der Waals surface area (Å²) >= 11 is 8.91. The molecule has 1 heterocycles. The molecule has 0 aromatic carbocycles. The van der Waals surface area contributed by atoms with Crippen LogP contribution in [0.25, 0.3) is 0 Å². The molecule has 1 aliphatic heterocycles. The summed E-state index contributed by atoms with van der Waals surface area (Å²) in [4.78, 5) is 0. The van der Waals surface area contributed by atoms with E-state index in [4.69, 9.17) is 12.2 Å². The van der Waals surface area contributed by atoms with Crippen molar-refractivity contribution in [2.45, 2.75) is 44.3 Å². The molecule has 0 aliphatic carbocycles. The highest BCUT2D eigenvalue weighted by Gasteiger charge is 2.19. The SMILES string of the molecule is CCCCCCC1CSC(=S)S1. The van der Waals surface area contributed by atoms with Crippen LogP contribution in [0, 0.1) is 0 Å². The first kappa shape index (κ1) is 10.9. The Bertz CT molecular complexity index is 145. The fourth-order valence-corrected chi connectivity index (χ4v) is 4.32. The highest BCUT2D eigenvalue weighted by atomic mass is 32.2. The van der Waals surface area contributed by atoms with Gasteiger partial charge in [0.25, 0.3) is 0 Å². The zero-order valence-electron chi connectivity index (χ0n) is 7.54. The lowest BCUT2D eigenvalue weighted by atomic mass is 10.1. The number of thiocarbonyl (C=S) groups is 1. The molecule has 0 radical (unpaired) electrons. The molecule has 0 aromatic heterocycles. The van der Waals surface area contributed by atoms with Crippen LogP contribution in [0.15, 0.2) is 0 Å². The Balaban J connectivity index is 1.97. The summed E-state index contributed by atoms with van der Waals surface area (Å²) in [7, 11) is 0. The Morgan fingerprint density at radius 2 is 2.25 bits per heavy atom. The smallest absolute Gasteiger partial charge is 0.104 e. The van der Waals surface area contributed by atoms with Gasteiger partial charge in [-0.2, -0.15) is 0 Å². The average molecular weight is 220 g/mol. The third-order valence-corrected chi connectivity index (χ3v) is 5.26. The van der Waals surface area contributed by atoms with Gasteiger partial charge in [-0.25, -0.2) is 0 Å². The van der Waals surface area contributed by atoms with Gasteiger partial charge in [-0.1, -0.05) is 44.8 Å². The quantitative estimate of drug-likeness (QED) is 0.506. The van der Waals surface area contributed by atoms with Gasteiger partial charge in [0.05, 0.1) is 0 Å². The fraction of sp³-hybridized carbons (Fsp3) is 0.889. The van der Waals surface area contributed by atoms with Gasteiger partial charge in [0.2, 0.25) is 0 Å². The van der Waals surface area contributed by atoms with Crippen molar-refractivity contribution in [3.63, 3.8) is 0 Å². The standard InChI is InChI=1S/C9H16S3/c1-2-3-4-5-6-8-7-11-9(10)12-8/h8H,2-7H2,1H3. The van der Waals surface area contributed by atoms with Crippen LogP contribution in [0.5, 0.6) is 0 Å². The third-order valence-electron chi connectivity index (χ3n) is 2.03. The minimum Gasteiger partial charge on any atom is -0.107 e. The summed E-state index contributed by atoms with van der Waals surface area (Å²) in [6, 6.07) is 0. The van der Waals surface area contributed by atoms with E-state index in [0.29, 0.717) is 0 Å². The van der Waals surface area contributed by atoms with Gasteiger partial charge in [-0.3, -0.25) is 0 Å². The molecule has 1 aliphatic rings. The van der Waals surface area contributed by atoms with E-state index < -0.39 is 0 Å². The number of hydrogen-bond acceptors (Lipinski definition) is 3. The molecular formula is C9H16S3. The van der Waals surface area contributed by atoms with Crippen molar-refractivity contribution in [3.8, 4) is 0 Å². The van der Waals surface area contributed by atoms with Gasteiger partial charge in [-0.15, -0.1) is 23.5 Å². The van der Waals surface area contributed by atoms with Gasteiger partial charge >= 0.3 is 0 Å². The summed E-state index contributed by atoms with van der Waals surface area (Å²) in [5.41, 5.74) is 0. The predicted octanol–water partition coefficient (Wildman–Crippen LogP) is 4.09. The summed E-state index contributed by atoms with van der Waals surface area (Å²) < 4.78 is 1.16. The van der Waals surface area contributed by atoms with Gasteiger partial charge in [-0.05, 0) is 6.42 Å². The van der Waals surface area contributed by atoms with Crippen LogP contribution in [-0.4, -0.2) is 14.5 Å². The van der Waals surface area contributed by atoms with E-state index in [9.17, 15) is 0 Å². The molecule has 0 aromatic rings. The van der Waals surface area contributed by atoms with Crippen LogP contribution in [0.2, 0.25) is 0 Å². The zero-order chi connectivity index (χ0) is 8.81. The van der Waals surface area contributed by atoms with E-state index in [1.165, 1.54) is 37.9 Å². The first-order valence-electron chi connectivity index (χ1n) is 4.66.